The first-order valence-electron chi connectivity index (χ1n) is 7.05. The first-order valence-corrected chi connectivity index (χ1v) is 7.05. The van der Waals surface area contributed by atoms with Gasteiger partial charge in [0.1, 0.15) is 12.1 Å². The Morgan fingerprint density at radius 2 is 1.70 bits per heavy atom. The van der Waals surface area contributed by atoms with Gasteiger partial charge in [-0.05, 0) is 12.3 Å². The summed E-state index contributed by atoms with van der Waals surface area (Å²) in [6.07, 6.45) is 0.399. The normalized spacial score (nSPS) is 20.6. The molecule has 0 aliphatic carbocycles. The van der Waals surface area contributed by atoms with Gasteiger partial charge < -0.3 is 37.2 Å². The number of β-amino-alcohol motifs (C(OH)–C–C–N with tert-alkyl or cyclic N) is 1. The highest BCUT2D eigenvalue weighted by Gasteiger charge is 2.27. The Labute approximate surface area is 134 Å². The van der Waals surface area contributed by atoms with Crippen molar-refractivity contribution in [2.75, 3.05) is 13.1 Å². The first kappa shape index (κ1) is 23.5. The summed E-state index contributed by atoms with van der Waals surface area (Å²) >= 11 is 0. The Hall–Kier alpha value is -1.75. The van der Waals surface area contributed by atoms with Gasteiger partial charge in [-0.15, -0.1) is 0 Å². The number of nitrogens with two attached hydrogens (primary N) is 2. The van der Waals surface area contributed by atoms with E-state index in [0.717, 1.165) is 0 Å². The Morgan fingerprint density at radius 3 is 1.83 bits per heavy atom. The van der Waals surface area contributed by atoms with Gasteiger partial charge >= 0.3 is 17.9 Å². The van der Waals surface area contributed by atoms with Gasteiger partial charge in [-0.3, -0.25) is 14.4 Å². The van der Waals surface area contributed by atoms with Crippen molar-refractivity contribution in [1.29, 1.82) is 0 Å². The van der Waals surface area contributed by atoms with Crippen molar-refractivity contribution in [1.82, 2.24) is 5.32 Å². The molecular formula is C13H27N3O7. The molecule has 136 valence electrons. The van der Waals surface area contributed by atoms with Gasteiger partial charge in [-0.2, -0.15) is 0 Å². The van der Waals surface area contributed by atoms with Crippen molar-refractivity contribution >= 4 is 17.9 Å². The van der Waals surface area contributed by atoms with Crippen LogP contribution in [0, 0.1) is 5.92 Å². The van der Waals surface area contributed by atoms with Crippen LogP contribution < -0.4 is 16.8 Å². The SMILES string of the molecule is CC(C)CC(N)C(=O)O.NCC(=O)O.O=C(O)[C@@H]1C[C@@H](O)CN1. The fourth-order valence-electron chi connectivity index (χ4n) is 1.51. The molecule has 0 spiro atoms. The standard InChI is InChI=1S/C6H13NO2.C5H9NO3.C2H5NO2/c1-4(2)3-5(7)6(8)9;7-3-1-4(5(8)9)6-2-3;3-1-2(4)5/h4-5H,3,7H2,1-2H3,(H,8,9);3-4,6-7H,1-2H2,(H,8,9);1,3H2,(H,4,5)/t;3-,4+;/m.1./s1. The molecule has 23 heavy (non-hydrogen) atoms. The molecule has 0 saturated carbocycles. The number of rotatable bonds is 5. The Balaban J connectivity index is 0. The van der Waals surface area contributed by atoms with Crippen LogP contribution in [0.2, 0.25) is 0 Å². The van der Waals surface area contributed by atoms with Crippen LogP contribution in [0.3, 0.4) is 0 Å². The maximum absolute atomic E-state index is 10.2. The molecule has 1 rings (SSSR count). The average molecular weight is 337 g/mol. The minimum atomic E-state index is -0.968. The molecule has 10 nitrogen and oxygen atoms in total. The second-order valence-corrected chi connectivity index (χ2v) is 5.36. The average Bonchev–Trinajstić information content (AvgIpc) is 2.86. The molecule has 0 aromatic carbocycles. The van der Waals surface area contributed by atoms with Crippen molar-refractivity contribution in [2.45, 2.75) is 44.9 Å². The van der Waals surface area contributed by atoms with Crippen LogP contribution in [-0.2, 0) is 14.4 Å². The summed E-state index contributed by atoms with van der Waals surface area (Å²) < 4.78 is 0. The van der Waals surface area contributed by atoms with E-state index in [1.807, 2.05) is 13.8 Å². The third kappa shape index (κ3) is 14.9. The molecule has 1 aliphatic rings. The maximum Gasteiger partial charge on any atom is 0.320 e. The van der Waals surface area contributed by atoms with Crippen LogP contribution in [0.4, 0.5) is 0 Å². The molecule has 1 aliphatic heterocycles. The number of aliphatic carboxylic acids is 3. The molecule has 0 bridgehead atoms. The Kier molecular flexibility index (Phi) is 13.0. The van der Waals surface area contributed by atoms with Crippen molar-refractivity contribution in [3.8, 4) is 0 Å². The third-order valence-electron chi connectivity index (χ3n) is 2.62. The van der Waals surface area contributed by atoms with E-state index < -0.39 is 36.1 Å². The molecular weight excluding hydrogens is 310 g/mol. The second kappa shape index (κ2) is 12.8. The number of hydrogen-bond donors (Lipinski definition) is 7. The van der Waals surface area contributed by atoms with Gasteiger partial charge in [0.2, 0.25) is 0 Å². The lowest BCUT2D eigenvalue weighted by Crippen LogP contribution is -2.31. The Morgan fingerprint density at radius 1 is 1.22 bits per heavy atom. The molecule has 0 radical (unpaired) electrons. The number of carboxylic acids is 3. The number of aliphatic hydroxyl groups excluding tert-OH is 1. The molecule has 0 aromatic heterocycles. The summed E-state index contributed by atoms with van der Waals surface area (Å²) in [6.45, 7) is 4.02. The van der Waals surface area contributed by atoms with Gasteiger partial charge in [0.25, 0.3) is 0 Å². The zero-order chi connectivity index (χ0) is 18.6. The molecule has 0 aromatic rings. The monoisotopic (exact) mass is 337 g/mol. The minimum absolute atomic E-state index is 0.278. The minimum Gasteiger partial charge on any atom is -0.480 e. The highest BCUT2D eigenvalue weighted by Crippen LogP contribution is 2.05. The van der Waals surface area contributed by atoms with Crippen LogP contribution in [0.5, 0.6) is 0 Å². The summed E-state index contributed by atoms with van der Waals surface area (Å²) in [4.78, 5) is 29.5. The molecule has 1 unspecified atom stereocenters. The van der Waals surface area contributed by atoms with Crippen molar-refractivity contribution in [2.24, 2.45) is 17.4 Å². The summed E-state index contributed by atoms with van der Waals surface area (Å²) in [6, 6.07) is -1.23. The number of carboxylic acid groups (broad SMARTS) is 3. The van der Waals surface area contributed by atoms with E-state index in [1.165, 1.54) is 0 Å². The zero-order valence-corrected chi connectivity index (χ0v) is 13.3. The smallest absolute Gasteiger partial charge is 0.320 e. The predicted octanol–water partition coefficient (Wildman–Crippen LogP) is -1.73. The van der Waals surface area contributed by atoms with Crippen LogP contribution in [0.25, 0.3) is 0 Å². The van der Waals surface area contributed by atoms with E-state index >= 15 is 0 Å². The van der Waals surface area contributed by atoms with Gasteiger partial charge in [-0.25, -0.2) is 0 Å². The van der Waals surface area contributed by atoms with E-state index in [-0.39, 0.29) is 6.54 Å². The lowest BCUT2D eigenvalue weighted by molar-refractivity contribution is -0.140. The van der Waals surface area contributed by atoms with E-state index in [1.54, 1.807) is 0 Å². The van der Waals surface area contributed by atoms with Crippen LogP contribution >= 0.6 is 0 Å². The van der Waals surface area contributed by atoms with Crippen molar-refractivity contribution < 1.29 is 34.8 Å². The molecule has 0 amide bonds. The van der Waals surface area contributed by atoms with Crippen molar-refractivity contribution in [3.63, 3.8) is 0 Å². The van der Waals surface area contributed by atoms with E-state index in [4.69, 9.17) is 26.2 Å². The fourth-order valence-corrected chi connectivity index (χ4v) is 1.51. The predicted molar refractivity (Wildman–Crippen MR) is 81.8 cm³/mol. The van der Waals surface area contributed by atoms with Gasteiger partial charge in [-0.1, -0.05) is 13.8 Å². The number of aliphatic hydroxyl groups is 1. The summed E-state index contributed by atoms with van der Waals surface area (Å²) in [5, 5.41) is 35.7. The van der Waals surface area contributed by atoms with E-state index in [9.17, 15) is 14.4 Å². The molecule has 3 atom stereocenters. The summed E-state index contributed by atoms with van der Waals surface area (Å²) in [7, 11) is 0. The summed E-state index contributed by atoms with van der Waals surface area (Å²) in [5.74, 6) is -2.41. The van der Waals surface area contributed by atoms with E-state index in [0.29, 0.717) is 25.3 Å². The van der Waals surface area contributed by atoms with Gasteiger partial charge in [0.15, 0.2) is 0 Å². The van der Waals surface area contributed by atoms with Crippen LogP contribution in [0.15, 0.2) is 0 Å². The molecule has 1 heterocycles. The zero-order valence-electron chi connectivity index (χ0n) is 13.3. The summed E-state index contributed by atoms with van der Waals surface area (Å²) in [5.41, 5.74) is 9.79. The van der Waals surface area contributed by atoms with Crippen LogP contribution in [-0.4, -0.2) is 69.6 Å². The highest BCUT2D eigenvalue weighted by atomic mass is 16.4. The first-order chi connectivity index (χ1) is 10.5. The number of carbonyl (C=O) groups is 3. The van der Waals surface area contributed by atoms with E-state index in [2.05, 4.69) is 11.1 Å². The third-order valence-corrected chi connectivity index (χ3v) is 2.62. The fraction of sp³-hybridized carbons (Fsp3) is 0.769. The highest BCUT2D eigenvalue weighted by molar-refractivity contribution is 5.74. The number of nitrogens with one attached hydrogen (secondary N) is 1. The largest absolute Gasteiger partial charge is 0.480 e. The Bertz CT molecular complexity index is 377. The van der Waals surface area contributed by atoms with Gasteiger partial charge in [0.05, 0.1) is 12.6 Å². The molecule has 1 fully saturated rings. The quantitative estimate of drug-likeness (QED) is 0.302. The molecule has 10 heteroatoms. The maximum atomic E-state index is 10.2. The van der Waals surface area contributed by atoms with Crippen LogP contribution in [0.1, 0.15) is 26.7 Å². The van der Waals surface area contributed by atoms with Crippen molar-refractivity contribution in [3.05, 3.63) is 0 Å². The molecule has 9 N–H and O–H groups in total. The second-order valence-electron chi connectivity index (χ2n) is 5.36. The lowest BCUT2D eigenvalue weighted by atomic mass is 10.1. The molecule has 1 saturated heterocycles. The topological polar surface area (TPSA) is 196 Å². The number of hydrogen-bond acceptors (Lipinski definition) is 7. The van der Waals surface area contributed by atoms with Gasteiger partial charge in [0, 0.05) is 13.0 Å². The lowest BCUT2D eigenvalue weighted by Gasteiger charge is -2.07.